The van der Waals surface area contributed by atoms with Crippen molar-refractivity contribution in [2.24, 2.45) is 0 Å². The van der Waals surface area contributed by atoms with E-state index in [1.54, 1.807) is 6.20 Å². The van der Waals surface area contributed by atoms with Crippen LogP contribution in [0.5, 0.6) is 0 Å². The number of hydrogen-bond acceptors (Lipinski definition) is 4. The van der Waals surface area contributed by atoms with Crippen LogP contribution in [-0.4, -0.2) is 32.9 Å². The summed E-state index contributed by atoms with van der Waals surface area (Å²) in [6.45, 7) is 3.02. The fourth-order valence-corrected chi connectivity index (χ4v) is 1.62. The van der Waals surface area contributed by atoms with Crippen LogP contribution in [0.15, 0.2) is 18.5 Å². The third-order valence-electron chi connectivity index (χ3n) is 2.39. The molecule has 0 saturated heterocycles. The SMILES string of the molecule is Cc1cc2c(NCCCCO)nccn2n1. The molecular formula is C11H16N4O. The van der Waals surface area contributed by atoms with Gasteiger partial charge in [-0.05, 0) is 25.8 Å². The average Bonchev–Trinajstić information content (AvgIpc) is 2.65. The van der Waals surface area contributed by atoms with Gasteiger partial charge in [-0.2, -0.15) is 5.10 Å². The van der Waals surface area contributed by atoms with Crippen LogP contribution in [0.4, 0.5) is 5.82 Å². The minimum Gasteiger partial charge on any atom is -0.396 e. The molecule has 2 aromatic heterocycles. The summed E-state index contributed by atoms with van der Waals surface area (Å²) in [6.07, 6.45) is 5.32. The molecule has 0 radical (unpaired) electrons. The van der Waals surface area contributed by atoms with Crippen molar-refractivity contribution in [1.82, 2.24) is 14.6 Å². The Bertz CT molecular complexity index is 466. The maximum absolute atomic E-state index is 8.68. The van der Waals surface area contributed by atoms with Gasteiger partial charge in [0.2, 0.25) is 0 Å². The van der Waals surface area contributed by atoms with Crippen LogP contribution in [0.3, 0.4) is 0 Å². The lowest BCUT2D eigenvalue weighted by Crippen LogP contribution is -2.05. The molecule has 86 valence electrons. The summed E-state index contributed by atoms with van der Waals surface area (Å²) >= 11 is 0. The maximum Gasteiger partial charge on any atom is 0.152 e. The molecule has 0 spiro atoms. The topological polar surface area (TPSA) is 62.5 Å². The molecule has 5 nitrogen and oxygen atoms in total. The number of aryl methyl sites for hydroxylation is 1. The summed E-state index contributed by atoms with van der Waals surface area (Å²) in [5.41, 5.74) is 1.97. The molecule has 5 heteroatoms. The number of aliphatic hydroxyl groups excluding tert-OH is 1. The third kappa shape index (κ3) is 2.30. The van der Waals surface area contributed by atoms with Crippen molar-refractivity contribution in [2.75, 3.05) is 18.5 Å². The number of hydrogen-bond donors (Lipinski definition) is 2. The van der Waals surface area contributed by atoms with E-state index in [0.717, 1.165) is 36.4 Å². The molecule has 0 aliphatic carbocycles. The van der Waals surface area contributed by atoms with Gasteiger partial charge in [-0.3, -0.25) is 0 Å². The fourth-order valence-electron chi connectivity index (χ4n) is 1.62. The zero-order valence-electron chi connectivity index (χ0n) is 9.35. The number of nitrogens with zero attached hydrogens (tertiary/aromatic N) is 3. The Labute approximate surface area is 94.1 Å². The molecule has 16 heavy (non-hydrogen) atoms. The predicted octanol–water partition coefficient (Wildman–Crippen LogP) is 1.22. The van der Waals surface area contributed by atoms with E-state index in [1.807, 2.05) is 23.7 Å². The van der Waals surface area contributed by atoms with Crippen LogP contribution in [-0.2, 0) is 0 Å². The molecule has 2 heterocycles. The lowest BCUT2D eigenvalue weighted by molar-refractivity contribution is 0.286. The van der Waals surface area contributed by atoms with E-state index in [1.165, 1.54) is 0 Å². The largest absolute Gasteiger partial charge is 0.396 e. The number of unbranched alkanes of at least 4 members (excludes halogenated alkanes) is 1. The lowest BCUT2D eigenvalue weighted by Gasteiger charge is -2.05. The first-order valence-corrected chi connectivity index (χ1v) is 5.47. The van der Waals surface area contributed by atoms with Crippen molar-refractivity contribution in [1.29, 1.82) is 0 Å². The van der Waals surface area contributed by atoms with Gasteiger partial charge in [-0.15, -0.1) is 0 Å². The zero-order valence-corrected chi connectivity index (χ0v) is 9.35. The quantitative estimate of drug-likeness (QED) is 0.744. The van der Waals surface area contributed by atoms with Gasteiger partial charge in [-0.25, -0.2) is 9.50 Å². The van der Waals surface area contributed by atoms with Crippen LogP contribution in [0.25, 0.3) is 5.52 Å². The standard InChI is InChI=1S/C11H16N4O/c1-9-8-10-11(12-4-2-3-7-16)13-5-6-15(10)14-9/h5-6,8,16H,2-4,7H2,1H3,(H,12,13). The normalized spacial score (nSPS) is 10.9. The van der Waals surface area contributed by atoms with Crippen molar-refractivity contribution in [2.45, 2.75) is 19.8 Å². The molecule has 2 N–H and O–H groups in total. The van der Waals surface area contributed by atoms with Gasteiger partial charge >= 0.3 is 0 Å². The van der Waals surface area contributed by atoms with E-state index < -0.39 is 0 Å². The number of aliphatic hydroxyl groups is 1. The average molecular weight is 220 g/mol. The second-order valence-electron chi connectivity index (χ2n) is 3.75. The molecule has 0 atom stereocenters. The van der Waals surface area contributed by atoms with Gasteiger partial charge in [0.05, 0.1) is 5.69 Å². The number of rotatable bonds is 5. The van der Waals surface area contributed by atoms with Crippen molar-refractivity contribution >= 4 is 11.3 Å². The summed E-state index contributed by atoms with van der Waals surface area (Å²) in [6, 6.07) is 2.00. The molecule has 2 rings (SSSR count). The Hall–Kier alpha value is -1.62. The Morgan fingerprint density at radius 3 is 3.12 bits per heavy atom. The first kappa shape index (κ1) is 10.9. The lowest BCUT2D eigenvalue weighted by atomic mass is 10.3. The molecule has 0 aliphatic heterocycles. The molecule has 0 fully saturated rings. The molecule has 0 amide bonds. The molecule has 2 aromatic rings. The van der Waals surface area contributed by atoms with Gasteiger partial charge in [0.25, 0.3) is 0 Å². The summed E-state index contributed by atoms with van der Waals surface area (Å²) in [5, 5.41) is 16.2. The minimum atomic E-state index is 0.241. The van der Waals surface area contributed by atoms with Gasteiger partial charge in [0.1, 0.15) is 5.52 Å². The van der Waals surface area contributed by atoms with Crippen LogP contribution in [0, 0.1) is 6.92 Å². The number of nitrogens with one attached hydrogen (secondary N) is 1. The Balaban J connectivity index is 2.11. The van der Waals surface area contributed by atoms with Gasteiger partial charge in [-0.1, -0.05) is 0 Å². The summed E-state index contributed by atoms with van der Waals surface area (Å²) in [4.78, 5) is 4.28. The minimum absolute atomic E-state index is 0.241. The molecule has 0 unspecified atom stereocenters. The van der Waals surface area contributed by atoms with Crippen LogP contribution in [0.2, 0.25) is 0 Å². The highest BCUT2D eigenvalue weighted by Gasteiger charge is 2.03. The summed E-state index contributed by atoms with van der Waals surface area (Å²) in [7, 11) is 0. The second kappa shape index (κ2) is 4.94. The van der Waals surface area contributed by atoms with Gasteiger partial charge in [0.15, 0.2) is 5.82 Å². The molecule has 0 bridgehead atoms. The number of fused-ring (bicyclic) bond motifs is 1. The zero-order chi connectivity index (χ0) is 11.4. The van der Waals surface area contributed by atoms with Crippen molar-refractivity contribution < 1.29 is 5.11 Å². The third-order valence-corrected chi connectivity index (χ3v) is 2.39. The summed E-state index contributed by atoms with van der Waals surface area (Å²) in [5.74, 6) is 0.848. The number of anilines is 1. The van der Waals surface area contributed by atoms with Crippen molar-refractivity contribution in [3.8, 4) is 0 Å². The van der Waals surface area contributed by atoms with Crippen LogP contribution in [0.1, 0.15) is 18.5 Å². The Morgan fingerprint density at radius 2 is 2.31 bits per heavy atom. The summed E-state index contributed by atoms with van der Waals surface area (Å²) < 4.78 is 1.82. The monoisotopic (exact) mass is 220 g/mol. The molecule has 0 aliphatic rings. The maximum atomic E-state index is 8.68. The van der Waals surface area contributed by atoms with E-state index in [-0.39, 0.29) is 6.61 Å². The van der Waals surface area contributed by atoms with Crippen LogP contribution >= 0.6 is 0 Å². The van der Waals surface area contributed by atoms with Gasteiger partial charge < -0.3 is 10.4 Å². The molecule has 0 aromatic carbocycles. The molecule has 0 saturated carbocycles. The first-order valence-electron chi connectivity index (χ1n) is 5.47. The first-order chi connectivity index (χ1) is 7.81. The van der Waals surface area contributed by atoms with E-state index in [0.29, 0.717) is 0 Å². The van der Waals surface area contributed by atoms with Crippen LogP contribution < -0.4 is 5.32 Å². The van der Waals surface area contributed by atoms with E-state index in [2.05, 4.69) is 15.4 Å². The Morgan fingerprint density at radius 1 is 1.44 bits per heavy atom. The predicted molar refractivity (Wildman–Crippen MR) is 62.5 cm³/mol. The van der Waals surface area contributed by atoms with Gasteiger partial charge in [0, 0.05) is 25.5 Å². The highest BCUT2D eigenvalue weighted by molar-refractivity contribution is 5.67. The number of aromatic nitrogens is 3. The smallest absolute Gasteiger partial charge is 0.152 e. The Kier molecular flexibility index (Phi) is 3.36. The van der Waals surface area contributed by atoms with Crippen molar-refractivity contribution in [3.63, 3.8) is 0 Å². The van der Waals surface area contributed by atoms with E-state index in [9.17, 15) is 0 Å². The second-order valence-corrected chi connectivity index (χ2v) is 3.75. The highest BCUT2D eigenvalue weighted by atomic mass is 16.2. The fraction of sp³-hybridized carbons (Fsp3) is 0.455. The highest BCUT2D eigenvalue weighted by Crippen LogP contribution is 2.14. The van der Waals surface area contributed by atoms with E-state index >= 15 is 0 Å². The molecular weight excluding hydrogens is 204 g/mol. The van der Waals surface area contributed by atoms with E-state index in [4.69, 9.17) is 5.11 Å². The van der Waals surface area contributed by atoms with Crippen molar-refractivity contribution in [3.05, 3.63) is 24.2 Å².